The fourth-order valence-electron chi connectivity index (χ4n) is 2.61. The van der Waals surface area contributed by atoms with Crippen molar-refractivity contribution in [1.29, 1.82) is 0 Å². The Hall–Kier alpha value is -0.600. The second-order valence-corrected chi connectivity index (χ2v) is 5.81. The van der Waals surface area contributed by atoms with E-state index in [1.807, 2.05) is 0 Å². The lowest BCUT2D eigenvalue weighted by Crippen LogP contribution is -1.95. The summed E-state index contributed by atoms with van der Waals surface area (Å²) in [6, 6.07) is 4.23. The maximum Gasteiger partial charge on any atom is 0.0753 e. The first-order valence-corrected chi connectivity index (χ1v) is 7.17. The van der Waals surface area contributed by atoms with Crippen LogP contribution < -0.4 is 0 Å². The van der Waals surface area contributed by atoms with Crippen molar-refractivity contribution in [3.63, 3.8) is 0 Å². The van der Waals surface area contributed by atoms with E-state index in [0.717, 1.165) is 39.7 Å². The van der Waals surface area contributed by atoms with E-state index in [2.05, 4.69) is 35.0 Å². The largest absolute Gasteiger partial charge is 0.252 e. The standard InChI is InChI=1S/C14H13BrClN/c1-2-8-6-9(15)7-11-13(16)10-4-3-5-12(10)17-14(8)11/h6-7H,2-5H2,1H3. The normalized spacial score (nSPS) is 14.3. The fraction of sp³-hybridized carbons (Fsp3) is 0.357. The van der Waals surface area contributed by atoms with E-state index in [0.29, 0.717) is 0 Å². The van der Waals surface area contributed by atoms with Crippen LogP contribution in [0.1, 0.15) is 30.2 Å². The van der Waals surface area contributed by atoms with Gasteiger partial charge < -0.3 is 0 Å². The van der Waals surface area contributed by atoms with Crippen LogP contribution in [0.5, 0.6) is 0 Å². The van der Waals surface area contributed by atoms with E-state index in [4.69, 9.17) is 16.6 Å². The van der Waals surface area contributed by atoms with Crippen molar-refractivity contribution in [2.75, 3.05) is 0 Å². The second-order valence-electron chi connectivity index (χ2n) is 4.52. The minimum atomic E-state index is 0.915. The van der Waals surface area contributed by atoms with Crippen molar-refractivity contribution < 1.29 is 0 Å². The number of pyridine rings is 1. The molecule has 2 aromatic rings. The van der Waals surface area contributed by atoms with Gasteiger partial charge in [0.05, 0.1) is 10.5 Å². The summed E-state index contributed by atoms with van der Waals surface area (Å²) in [4.78, 5) is 4.82. The predicted octanol–water partition coefficient (Wildman–Crippen LogP) is 4.70. The molecule has 88 valence electrons. The van der Waals surface area contributed by atoms with E-state index >= 15 is 0 Å². The number of hydrogen-bond acceptors (Lipinski definition) is 1. The highest BCUT2D eigenvalue weighted by molar-refractivity contribution is 9.10. The molecule has 3 rings (SSSR count). The molecule has 0 amide bonds. The summed E-state index contributed by atoms with van der Waals surface area (Å²) in [5.74, 6) is 0. The molecule has 3 heteroatoms. The molecule has 0 atom stereocenters. The van der Waals surface area contributed by atoms with Gasteiger partial charge >= 0.3 is 0 Å². The number of nitrogens with zero attached hydrogens (tertiary/aromatic N) is 1. The number of halogens is 2. The molecule has 1 aliphatic rings. The van der Waals surface area contributed by atoms with Crippen molar-refractivity contribution in [2.24, 2.45) is 0 Å². The highest BCUT2D eigenvalue weighted by atomic mass is 79.9. The molecule has 1 aromatic heterocycles. The lowest BCUT2D eigenvalue weighted by Gasteiger charge is -2.10. The number of aryl methyl sites for hydroxylation is 2. The molecule has 1 aliphatic carbocycles. The molecule has 0 radical (unpaired) electrons. The van der Waals surface area contributed by atoms with Crippen LogP contribution in [0.3, 0.4) is 0 Å². The van der Waals surface area contributed by atoms with Gasteiger partial charge in [0.1, 0.15) is 0 Å². The SMILES string of the molecule is CCc1cc(Br)cc2c(Cl)c3c(nc12)CCC3. The molecule has 1 nitrogen and oxygen atoms in total. The molecule has 17 heavy (non-hydrogen) atoms. The number of benzene rings is 1. The van der Waals surface area contributed by atoms with Crippen molar-refractivity contribution in [3.8, 4) is 0 Å². The van der Waals surface area contributed by atoms with Crippen molar-refractivity contribution in [2.45, 2.75) is 32.6 Å². The molecule has 0 N–H and O–H groups in total. The Balaban J connectivity index is 2.42. The average Bonchev–Trinajstić information content (AvgIpc) is 2.78. The van der Waals surface area contributed by atoms with E-state index in [-0.39, 0.29) is 0 Å². The van der Waals surface area contributed by atoms with Crippen molar-refractivity contribution >= 4 is 38.4 Å². The van der Waals surface area contributed by atoms with Crippen molar-refractivity contribution in [3.05, 3.63) is 38.4 Å². The predicted molar refractivity (Wildman–Crippen MR) is 75.9 cm³/mol. The Bertz CT molecular complexity index is 607. The zero-order valence-corrected chi connectivity index (χ0v) is 12.0. The molecule has 0 spiro atoms. The summed E-state index contributed by atoms with van der Waals surface area (Å²) in [5.41, 5.74) is 4.83. The molecule has 0 unspecified atom stereocenters. The lowest BCUT2D eigenvalue weighted by molar-refractivity contribution is 0.901. The van der Waals surface area contributed by atoms with Gasteiger partial charge in [-0.05, 0) is 48.9 Å². The first-order valence-electron chi connectivity index (χ1n) is 6.00. The molecule has 0 saturated heterocycles. The number of rotatable bonds is 1. The summed E-state index contributed by atoms with van der Waals surface area (Å²) in [6.45, 7) is 2.16. The van der Waals surface area contributed by atoms with Gasteiger partial charge in [-0.2, -0.15) is 0 Å². The quantitative estimate of drug-likeness (QED) is 0.744. The van der Waals surface area contributed by atoms with Gasteiger partial charge in [0, 0.05) is 15.6 Å². The van der Waals surface area contributed by atoms with Crippen LogP contribution in [0.2, 0.25) is 5.02 Å². The third-order valence-corrected chi connectivity index (χ3v) is 4.36. The molecule has 1 aromatic carbocycles. The van der Waals surface area contributed by atoms with Gasteiger partial charge in [0.25, 0.3) is 0 Å². The maximum atomic E-state index is 6.53. The zero-order valence-electron chi connectivity index (χ0n) is 9.69. The Morgan fingerprint density at radius 3 is 2.94 bits per heavy atom. The first-order chi connectivity index (χ1) is 8.20. The van der Waals surface area contributed by atoms with Crippen LogP contribution in [0, 0.1) is 0 Å². The Labute approximate surface area is 114 Å². The van der Waals surface area contributed by atoms with E-state index in [1.54, 1.807) is 0 Å². The summed E-state index contributed by atoms with van der Waals surface area (Å²) < 4.78 is 1.09. The minimum absolute atomic E-state index is 0.915. The third kappa shape index (κ3) is 1.78. The summed E-state index contributed by atoms with van der Waals surface area (Å²) in [6.07, 6.45) is 4.31. The van der Waals surface area contributed by atoms with Crippen molar-refractivity contribution in [1.82, 2.24) is 4.98 Å². The van der Waals surface area contributed by atoms with Crippen LogP contribution in [0.4, 0.5) is 0 Å². The van der Waals surface area contributed by atoms with Crippen LogP contribution in [0.15, 0.2) is 16.6 Å². The van der Waals surface area contributed by atoms with E-state index in [9.17, 15) is 0 Å². The highest BCUT2D eigenvalue weighted by Gasteiger charge is 2.19. The van der Waals surface area contributed by atoms with E-state index < -0.39 is 0 Å². The van der Waals surface area contributed by atoms with Gasteiger partial charge in [0.2, 0.25) is 0 Å². The van der Waals surface area contributed by atoms with Gasteiger partial charge in [-0.25, -0.2) is 0 Å². The minimum Gasteiger partial charge on any atom is -0.252 e. The van der Waals surface area contributed by atoms with E-state index in [1.165, 1.54) is 23.2 Å². The highest BCUT2D eigenvalue weighted by Crippen LogP contribution is 2.36. The molecular formula is C14H13BrClN. The maximum absolute atomic E-state index is 6.53. The first kappa shape index (κ1) is 11.5. The Kier molecular flexibility index (Phi) is 2.87. The van der Waals surface area contributed by atoms with Gasteiger partial charge in [-0.1, -0.05) is 34.5 Å². The van der Waals surface area contributed by atoms with Crippen LogP contribution in [0.25, 0.3) is 10.9 Å². The van der Waals surface area contributed by atoms with Crippen LogP contribution in [-0.4, -0.2) is 4.98 Å². The molecule has 0 bridgehead atoms. The summed E-state index contributed by atoms with van der Waals surface area (Å²) in [5, 5.41) is 2.01. The van der Waals surface area contributed by atoms with Gasteiger partial charge in [-0.15, -0.1) is 0 Å². The lowest BCUT2D eigenvalue weighted by atomic mass is 10.0. The van der Waals surface area contributed by atoms with Crippen LogP contribution >= 0.6 is 27.5 Å². The zero-order chi connectivity index (χ0) is 12.0. The summed E-state index contributed by atoms with van der Waals surface area (Å²) >= 11 is 10.1. The molecule has 1 heterocycles. The third-order valence-electron chi connectivity index (χ3n) is 3.47. The molecule has 0 aliphatic heterocycles. The fourth-order valence-corrected chi connectivity index (χ4v) is 3.46. The summed E-state index contributed by atoms with van der Waals surface area (Å²) in [7, 11) is 0. The number of hydrogen-bond donors (Lipinski definition) is 0. The van der Waals surface area contributed by atoms with Gasteiger partial charge in [0.15, 0.2) is 0 Å². The number of aromatic nitrogens is 1. The number of fused-ring (bicyclic) bond motifs is 2. The molecule has 0 fully saturated rings. The molecule has 0 saturated carbocycles. The smallest absolute Gasteiger partial charge is 0.0753 e. The van der Waals surface area contributed by atoms with Gasteiger partial charge in [-0.3, -0.25) is 4.98 Å². The second kappa shape index (κ2) is 4.25. The Morgan fingerprint density at radius 1 is 1.35 bits per heavy atom. The average molecular weight is 311 g/mol. The molecular weight excluding hydrogens is 298 g/mol. The topological polar surface area (TPSA) is 12.9 Å². The monoisotopic (exact) mass is 309 g/mol. The Morgan fingerprint density at radius 2 is 2.18 bits per heavy atom. The van der Waals surface area contributed by atoms with Crippen LogP contribution in [-0.2, 0) is 19.3 Å².